The minimum atomic E-state index is -0.0561. The molecule has 0 amide bonds. The van der Waals surface area contributed by atoms with E-state index in [0.717, 1.165) is 21.2 Å². The van der Waals surface area contributed by atoms with E-state index in [9.17, 15) is 0 Å². The molecule has 0 spiro atoms. The van der Waals surface area contributed by atoms with Crippen LogP contribution in [-0.4, -0.2) is 12.2 Å². The Morgan fingerprint density at radius 2 is 1.68 bits per heavy atom. The first-order valence-corrected chi connectivity index (χ1v) is 6.42. The zero-order chi connectivity index (χ0) is 13.7. The number of halogens is 1. The van der Waals surface area contributed by atoms with E-state index in [-0.39, 0.29) is 5.96 Å². The van der Waals surface area contributed by atoms with E-state index in [1.165, 1.54) is 0 Å². The van der Waals surface area contributed by atoms with Crippen LogP contribution in [0.1, 0.15) is 5.56 Å². The van der Waals surface area contributed by atoms with Crippen LogP contribution in [0, 0.1) is 0 Å². The van der Waals surface area contributed by atoms with E-state index >= 15 is 0 Å². The molecule has 0 heterocycles. The van der Waals surface area contributed by atoms with Crippen LogP contribution < -0.4 is 11.5 Å². The molecule has 0 fully saturated rings. The lowest BCUT2D eigenvalue weighted by Gasteiger charge is -2.03. The summed E-state index contributed by atoms with van der Waals surface area (Å²) in [4.78, 5) is 0. The highest BCUT2D eigenvalue weighted by Gasteiger charge is 1.98. The SMILES string of the molecule is NC(N)=N/N=C\c1cccc(-c2cccc(Br)c2)c1. The van der Waals surface area contributed by atoms with Crippen molar-refractivity contribution < 1.29 is 0 Å². The molecule has 0 aromatic heterocycles. The highest BCUT2D eigenvalue weighted by molar-refractivity contribution is 9.10. The van der Waals surface area contributed by atoms with Gasteiger partial charge in [0.25, 0.3) is 0 Å². The molecule has 19 heavy (non-hydrogen) atoms. The Hall–Kier alpha value is -2.14. The first-order valence-electron chi connectivity index (χ1n) is 5.63. The summed E-state index contributed by atoms with van der Waals surface area (Å²) >= 11 is 3.46. The Kier molecular flexibility index (Phi) is 4.30. The summed E-state index contributed by atoms with van der Waals surface area (Å²) in [5.74, 6) is -0.0561. The Labute approximate surface area is 120 Å². The van der Waals surface area contributed by atoms with Gasteiger partial charge in [0, 0.05) is 4.47 Å². The van der Waals surface area contributed by atoms with Crippen LogP contribution in [-0.2, 0) is 0 Å². The fourth-order valence-corrected chi connectivity index (χ4v) is 2.03. The summed E-state index contributed by atoms with van der Waals surface area (Å²) < 4.78 is 1.05. The number of hydrogen-bond acceptors (Lipinski definition) is 2. The van der Waals surface area contributed by atoms with E-state index in [2.05, 4.69) is 38.3 Å². The van der Waals surface area contributed by atoms with Crippen molar-refractivity contribution in [1.82, 2.24) is 0 Å². The van der Waals surface area contributed by atoms with Gasteiger partial charge in [-0.1, -0.05) is 46.3 Å². The Morgan fingerprint density at radius 3 is 2.37 bits per heavy atom. The lowest BCUT2D eigenvalue weighted by Crippen LogP contribution is -2.21. The minimum absolute atomic E-state index is 0.0561. The number of rotatable bonds is 3. The van der Waals surface area contributed by atoms with Gasteiger partial charge in [0.05, 0.1) is 6.21 Å². The highest BCUT2D eigenvalue weighted by Crippen LogP contribution is 2.23. The molecular formula is C14H13BrN4. The third kappa shape index (κ3) is 3.93. The first-order chi connectivity index (χ1) is 9.15. The number of hydrogen-bond donors (Lipinski definition) is 2. The van der Waals surface area contributed by atoms with Gasteiger partial charge in [-0.3, -0.25) is 0 Å². The molecule has 0 aliphatic rings. The summed E-state index contributed by atoms with van der Waals surface area (Å²) in [6.45, 7) is 0. The van der Waals surface area contributed by atoms with Crippen LogP contribution in [0.15, 0.2) is 63.2 Å². The molecule has 4 N–H and O–H groups in total. The lowest BCUT2D eigenvalue weighted by molar-refractivity contribution is 1.21. The molecule has 2 aromatic carbocycles. The topological polar surface area (TPSA) is 76.8 Å². The maximum absolute atomic E-state index is 5.20. The first kappa shape index (κ1) is 13.3. The lowest BCUT2D eigenvalue weighted by atomic mass is 10.0. The molecule has 0 atom stereocenters. The van der Waals surface area contributed by atoms with Crippen molar-refractivity contribution in [2.45, 2.75) is 0 Å². The van der Waals surface area contributed by atoms with Crippen molar-refractivity contribution >= 4 is 28.1 Å². The van der Waals surface area contributed by atoms with Gasteiger partial charge in [0.2, 0.25) is 5.96 Å². The van der Waals surface area contributed by atoms with Crippen molar-refractivity contribution in [2.75, 3.05) is 0 Å². The summed E-state index contributed by atoms with van der Waals surface area (Å²) in [6.07, 6.45) is 1.61. The van der Waals surface area contributed by atoms with Crippen molar-refractivity contribution in [2.24, 2.45) is 21.7 Å². The zero-order valence-electron chi connectivity index (χ0n) is 10.1. The maximum Gasteiger partial charge on any atom is 0.211 e. The quantitative estimate of drug-likeness (QED) is 0.519. The van der Waals surface area contributed by atoms with Gasteiger partial charge in [-0.15, -0.1) is 5.10 Å². The van der Waals surface area contributed by atoms with Crippen molar-refractivity contribution in [3.63, 3.8) is 0 Å². The van der Waals surface area contributed by atoms with Crippen LogP contribution >= 0.6 is 15.9 Å². The van der Waals surface area contributed by atoms with E-state index < -0.39 is 0 Å². The summed E-state index contributed by atoms with van der Waals surface area (Å²) in [7, 11) is 0. The Bertz CT molecular complexity index is 631. The van der Waals surface area contributed by atoms with Gasteiger partial charge in [0.1, 0.15) is 0 Å². The van der Waals surface area contributed by atoms with Gasteiger partial charge in [0.15, 0.2) is 0 Å². The zero-order valence-corrected chi connectivity index (χ0v) is 11.7. The van der Waals surface area contributed by atoms with Crippen LogP contribution in [0.4, 0.5) is 0 Å². The average molecular weight is 317 g/mol. The molecule has 0 radical (unpaired) electrons. The smallest absolute Gasteiger partial charge is 0.211 e. The van der Waals surface area contributed by atoms with E-state index in [1.807, 2.05) is 36.4 Å². The Morgan fingerprint density at radius 1 is 1.00 bits per heavy atom. The van der Waals surface area contributed by atoms with Gasteiger partial charge in [-0.05, 0) is 34.9 Å². The van der Waals surface area contributed by atoms with Crippen molar-refractivity contribution in [1.29, 1.82) is 0 Å². The largest absolute Gasteiger partial charge is 0.369 e. The third-order valence-electron chi connectivity index (χ3n) is 2.42. The maximum atomic E-state index is 5.20. The fourth-order valence-electron chi connectivity index (χ4n) is 1.63. The van der Waals surface area contributed by atoms with Crippen molar-refractivity contribution in [3.05, 3.63) is 58.6 Å². The second-order valence-electron chi connectivity index (χ2n) is 3.91. The molecule has 0 bridgehead atoms. The molecule has 0 saturated carbocycles. The number of nitrogens with two attached hydrogens (primary N) is 2. The molecule has 5 heteroatoms. The molecular weight excluding hydrogens is 304 g/mol. The summed E-state index contributed by atoms with van der Waals surface area (Å²) in [6, 6.07) is 16.1. The van der Waals surface area contributed by atoms with E-state index in [0.29, 0.717) is 0 Å². The Balaban J connectivity index is 2.29. The number of guanidine groups is 1. The third-order valence-corrected chi connectivity index (χ3v) is 2.92. The summed E-state index contributed by atoms with van der Waals surface area (Å²) in [5.41, 5.74) is 13.6. The second-order valence-corrected chi connectivity index (χ2v) is 4.82. The van der Waals surface area contributed by atoms with E-state index in [4.69, 9.17) is 11.5 Å². The molecule has 2 rings (SSSR count). The second kappa shape index (κ2) is 6.15. The summed E-state index contributed by atoms with van der Waals surface area (Å²) in [5, 5.41) is 7.37. The molecule has 0 unspecified atom stereocenters. The van der Waals surface area contributed by atoms with Crippen LogP contribution in [0.3, 0.4) is 0 Å². The average Bonchev–Trinajstić information content (AvgIpc) is 2.39. The molecule has 96 valence electrons. The fraction of sp³-hybridized carbons (Fsp3) is 0. The van der Waals surface area contributed by atoms with E-state index in [1.54, 1.807) is 6.21 Å². The molecule has 2 aromatic rings. The molecule has 0 aliphatic carbocycles. The van der Waals surface area contributed by atoms with Crippen molar-refractivity contribution in [3.8, 4) is 11.1 Å². The van der Waals surface area contributed by atoms with Crippen LogP contribution in [0.25, 0.3) is 11.1 Å². The monoisotopic (exact) mass is 316 g/mol. The van der Waals surface area contributed by atoms with Gasteiger partial charge in [-0.2, -0.15) is 5.10 Å². The number of benzene rings is 2. The highest BCUT2D eigenvalue weighted by atomic mass is 79.9. The van der Waals surface area contributed by atoms with Crippen LogP contribution in [0.2, 0.25) is 0 Å². The van der Waals surface area contributed by atoms with Gasteiger partial charge >= 0.3 is 0 Å². The molecule has 0 aliphatic heterocycles. The molecule has 4 nitrogen and oxygen atoms in total. The predicted molar refractivity (Wildman–Crippen MR) is 83.0 cm³/mol. The van der Waals surface area contributed by atoms with Crippen LogP contribution in [0.5, 0.6) is 0 Å². The van der Waals surface area contributed by atoms with Gasteiger partial charge in [-0.25, -0.2) is 0 Å². The normalized spacial score (nSPS) is 10.6. The number of nitrogens with zero attached hydrogens (tertiary/aromatic N) is 2. The minimum Gasteiger partial charge on any atom is -0.369 e. The standard InChI is InChI=1S/C14H13BrN4/c15-13-6-2-5-12(8-13)11-4-1-3-10(7-11)9-18-19-14(16)17/h1-9H,(H4,16,17,19)/b18-9-. The predicted octanol–water partition coefficient (Wildman–Crippen LogP) is 2.72. The van der Waals surface area contributed by atoms with Gasteiger partial charge < -0.3 is 11.5 Å². The molecule has 0 saturated heterocycles.